The Hall–Kier alpha value is -1.94. The molecule has 0 aliphatic rings. The van der Waals surface area contributed by atoms with Gasteiger partial charge in [0, 0.05) is 11.8 Å². The molecule has 1 unspecified atom stereocenters. The molecule has 1 aromatic carbocycles. The molecule has 0 saturated heterocycles. The molecule has 0 fully saturated rings. The molecule has 0 spiro atoms. The summed E-state index contributed by atoms with van der Waals surface area (Å²) in [7, 11) is 1.82. The van der Waals surface area contributed by atoms with E-state index in [1.54, 1.807) is 12.3 Å². The Labute approximate surface area is 125 Å². The lowest BCUT2D eigenvalue weighted by Gasteiger charge is -2.18. The van der Waals surface area contributed by atoms with Gasteiger partial charge in [0.05, 0.1) is 18.8 Å². The van der Waals surface area contributed by atoms with Crippen LogP contribution in [0.5, 0.6) is 5.75 Å². The molecule has 2 aromatic rings. The van der Waals surface area contributed by atoms with E-state index >= 15 is 0 Å². The van der Waals surface area contributed by atoms with Gasteiger partial charge in [-0.25, -0.2) is 4.39 Å². The summed E-state index contributed by atoms with van der Waals surface area (Å²) in [5.41, 5.74) is 1.58. The summed E-state index contributed by atoms with van der Waals surface area (Å²) in [5.74, 6) is 0.539. The van der Waals surface area contributed by atoms with Crippen LogP contribution in [-0.4, -0.2) is 18.6 Å². The van der Waals surface area contributed by atoms with Crippen molar-refractivity contribution in [2.75, 3.05) is 13.7 Å². The van der Waals surface area contributed by atoms with Gasteiger partial charge in [-0.2, -0.15) is 0 Å². The number of nitrogens with zero attached hydrogens (tertiary/aromatic N) is 1. The zero-order chi connectivity index (χ0) is 15.1. The summed E-state index contributed by atoms with van der Waals surface area (Å²) < 4.78 is 19.5. The van der Waals surface area contributed by atoms with Gasteiger partial charge < -0.3 is 10.1 Å². The van der Waals surface area contributed by atoms with E-state index in [4.69, 9.17) is 4.74 Å². The molecule has 0 aliphatic heterocycles. The van der Waals surface area contributed by atoms with Crippen LogP contribution in [0.25, 0.3) is 0 Å². The zero-order valence-corrected chi connectivity index (χ0v) is 12.5. The van der Waals surface area contributed by atoms with Crippen molar-refractivity contribution >= 4 is 0 Å². The van der Waals surface area contributed by atoms with Gasteiger partial charge in [-0.05, 0) is 37.2 Å². The molecule has 0 aliphatic carbocycles. The first kappa shape index (κ1) is 15.4. The number of hydrogen-bond donors (Lipinski definition) is 1. The molecule has 1 N–H and O–H groups in total. The van der Waals surface area contributed by atoms with Gasteiger partial charge in [0.2, 0.25) is 0 Å². The second-order valence-electron chi connectivity index (χ2n) is 4.89. The molecule has 0 amide bonds. The van der Waals surface area contributed by atoms with Crippen LogP contribution in [0, 0.1) is 5.82 Å². The van der Waals surface area contributed by atoms with Crippen molar-refractivity contribution in [1.29, 1.82) is 0 Å². The van der Waals surface area contributed by atoms with Crippen molar-refractivity contribution in [3.63, 3.8) is 0 Å². The van der Waals surface area contributed by atoms with Crippen LogP contribution in [0.1, 0.15) is 36.9 Å². The molecule has 1 heterocycles. The summed E-state index contributed by atoms with van der Waals surface area (Å²) in [4.78, 5) is 3.79. The van der Waals surface area contributed by atoms with E-state index in [1.807, 2.05) is 31.3 Å². The number of rotatable bonds is 7. The van der Waals surface area contributed by atoms with Crippen LogP contribution in [0.15, 0.2) is 42.7 Å². The lowest BCUT2D eigenvalue weighted by Crippen LogP contribution is -2.19. The Morgan fingerprint density at radius 1 is 1.24 bits per heavy atom. The average molecular weight is 288 g/mol. The van der Waals surface area contributed by atoms with E-state index in [1.165, 1.54) is 6.20 Å². The Balaban J connectivity index is 2.14. The summed E-state index contributed by atoms with van der Waals surface area (Å²) in [6, 6.07) is 9.27. The summed E-state index contributed by atoms with van der Waals surface area (Å²) in [6.45, 7) is 2.86. The van der Waals surface area contributed by atoms with E-state index in [-0.39, 0.29) is 11.9 Å². The standard InChI is InChI=1S/C17H21FN2O/c1-3-4-11-21-14-7-5-13(6-8-14)17(19-2)15-9-10-20-12-16(15)18/h5-10,12,17,19H,3-4,11H2,1-2H3. The third-order valence-corrected chi connectivity index (χ3v) is 3.38. The third kappa shape index (κ3) is 4.02. The average Bonchev–Trinajstić information content (AvgIpc) is 2.51. The highest BCUT2D eigenvalue weighted by Gasteiger charge is 2.15. The van der Waals surface area contributed by atoms with Gasteiger partial charge in [0.1, 0.15) is 11.6 Å². The number of benzene rings is 1. The molecule has 1 aromatic heterocycles. The maximum atomic E-state index is 13.9. The highest BCUT2D eigenvalue weighted by Crippen LogP contribution is 2.25. The highest BCUT2D eigenvalue weighted by molar-refractivity contribution is 5.35. The topological polar surface area (TPSA) is 34.1 Å². The van der Waals surface area contributed by atoms with Crippen LogP contribution in [0.3, 0.4) is 0 Å². The quantitative estimate of drug-likeness (QED) is 0.789. The number of hydrogen-bond acceptors (Lipinski definition) is 3. The van der Waals surface area contributed by atoms with Crippen molar-refractivity contribution in [3.05, 3.63) is 59.7 Å². The molecule has 0 bridgehead atoms. The van der Waals surface area contributed by atoms with Crippen LogP contribution in [0.4, 0.5) is 4.39 Å². The van der Waals surface area contributed by atoms with Gasteiger partial charge in [0.15, 0.2) is 0 Å². The van der Waals surface area contributed by atoms with Crippen molar-refractivity contribution in [1.82, 2.24) is 10.3 Å². The first-order valence-corrected chi connectivity index (χ1v) is 7.25. The maximum Gasteiger partial charge on any atom is 0.146 e. The van der Waals surface area contributed by atoms with Crippen LogP contribution in [0.2, 0.25) is 0 Å². The summed E-state index contributed by atoms with van der Waals surface area (Å²) in [5, 5.41) is 3.14. The normalized spacial score (nSPS) is 12.1. The predicted octanol–water partition coefficient (Wildman–Crippen LogP) is 3.71. The van der Waals surface area contributed by atoms with Gasteiger partial charge >= 0.3 is 0 Å². The van der Waals surface area contributed by atoms with Gasteiger partial charge in [-0.15, -0.1) is 0 Å². The van der Waals surface area contributed by atoms with Crippen molar-refractivity contribution in [3.8, 4) is 5.75 Å². The largest absolute Gasteiger partial charge is 0.494 e. The molecule has 112 valence electrons. The van der Waals surface area contributed by atoms with Crippen LogP contribution >= 0.6 is 0 Å². The molecule has 4 heteroatoms. The van der Waals surface area contributed by atoms with Crippen molar-refractivity contribution in [2.45, 2.75) is 25.8 Å². The number of unbranched alkanes of at least 4 members (excludes halogenated alkanes) is 1. The molecule has 0 radical (unpaired) electrons. The fourth-order valence-electron chi connectivity index (χ4n) is 2.21. The van der Waals surface area contributed by atoms with Gasteiger partial charge in [-0.1, -0.05) is 25.5 Å². The smallest absolute Gasteiger partial charge is 0.146 e. The Bertz CT molecular complexity index is 557. The third-order valence-electron chi connectivity index (χ3n) is 3.38. The number of aromatic nitrogens is 1. The van der Waals surface area contributed by atoms with Crippen LogP contribution in [-0.2, 0) is 0 Å². The summed E-state index contributed by atoms with van der Waals surface area (Å²) >= 11 is 0. The number of ether oxygens (including phenoxy) is 1. The minimum Gasteiger partial charge on any atom is -0.494 e. The second kappa shape index (κ2) is 7.74. The highest BCUT2D eigenvalue weighted by atomic mass is 19.1. The van der Waals surface area contributed by atoms with Gasteiger partial charge in [0.25, 0.3) is 0 Å². The fraction of sp³-hybridized carbons (Fsp3) is 0.353. The second-order valence-corrected chi connectivity index (χ2v) is 4.89. The molecule has 2 rings (SSSR count). The number of halogens is 1. The van der Waals surface area contributed by atoms with E-state index in [0.29, 0.717) is 5.56 Å². The molecule has 3 nitrogen and oxygen atoms in total. The minimum atomic E-state index is -0.305. The molecular formula is C17H21FN2O. The molecule has 1 atom stereocenters. The number of pyridine rings is 1. The zero-order valence-electron chi connectivity index (χ0n) is 12.5. The van der Waals surface area contributed by atoms with Gasteiger partial charge in [-0.3, -0.25) is 4.98 Å². The first-order valence-electron chi connectivity index (χ1n) is 7.25. The monoisotopic (exact) mass is 288 g/mol. The first-order chi connectivity index (χ1) is 10.3. The Morgan fingerprint density at radius 3 is 2.62 bits per heavy atom. The number of nitrogens with one attached hydrogen (secondary N) is 1. The lowest BCUT2D eigenvalue weighted by atomic mass is 9.99. The van der Waals surface area contributed by atoms with Crippen molar-refractivity contribution in [2.24, 2.45) is 0 Å². The van der Waals surface area contributed by atoms with Crippen LogP contribution < -0.4 is 10.1 Å². The van der Waals surface area contributed by atoms with E-state index < -0.39 is 0 Å². The minimum absolute atomic E-state index is 0.197. The predicted molar refractivity (Wildman–Crippen MR) is 81.9 cm³/mol. The molecule has 21 heavy (non-hydrogen) atoms. The molecule has 0 saturated carbocycles. The van der Waals surface area contributed by atoms with E-state index in [2.05, 4.69) is 17.2 Å². The SMILES string of the molecule is CCCCOc1ccc(C(NC)c2ccncc2F)cc1. The maximum absolute atomic E-state index is 13.9. The lowest BCUT2D eigenvalue weighted by molar-refractivity contribution is 0.309. The molecular weight excluding hydrogens is 267 g/mol. The van der Waals surface area contributed by atoms with Crippen molar-refractivity contribution < 1.29 is 9.13 Å². The van der Waals surface area contributed by atoms with E-state index in [0.717, 1.165) is 30.8 Å². The Kier molecular flexibility index (Phi) is 5.69. The van der Waals surface area contributed by atoms with E-state index in [9.17, 15) is 4.39 Å². The summed E-state index contributed by atoms with van der Waals surface area (Å²) in [6.07, 6.45) is 5.00. The Morgan fingerprint density at radius 2 is 2.00 bits per heavy atom. The fourth-order valence-corrected chi connectivity index (χ4v) is 2.21.